The molecule has 0 spiro atoms. The van der Waals surface area contributed by atoms with Gasteiger partial charge in [-0.15, -0.1) is 0 Å². The van der Waals surface area contributed by atoms with E-state index >= 15 is 0 Å². The second-order valence-electron chi connectivity index (χ2n) is 7.80. The van der Waals surface area contributed by atoms with Gasteiger partial charge in [0, 0.05) is 25.4 Å². The van der Waals surface area contributed by atoms with Crippen LogP contribution in [0.5, 0.6) is 5.75 Å². The number of esters is 1. The van der Waals surface area contributed by atoms with Gasteiger partial charge < -0.3 is 14.8 Å². The van der Waals surface area contributed by atoms with Gasteiger partial charge in [-0.1, -0.05) is 32.0 Å². The molecule has 1 atom stereocenters. The van der Waals surface area contributed by atoms with Gasteiger partial charge in [0.05, 0.1) is 30.8 Å². The minimum atomic E-state index is -0.748. The van der Waals surface area contributed by atoms with Gasteiger partial charge >= 0.3 is 11.7 Å². The molecule has 0 fully saturated rings. The van der Waals surface area contributed by atoms with Gasteiger partial charge in [-0.2, -0.15) is 0 Å². The Hall–Kier alpha value is -3.29. The fourth-order valence-electron chi connectivity index (χ4n) is 3.69. The zero-order valence-electron chi connectivity index (χ0n) is 18.1. The zero-order chi connectivity index (χ0) is 22.2. The topological polar surface area (TPSA) is 91.6 Å². The Labute approximate surface area is 174 Å². The Bertz CT molecular complexity index is 1140. The number of nitrogens with one attached hydrogen (secondary N) is 1. The lowest BCUT2D eigenvalue weighted by molar-refractivity contribution is -0.140. The molecule has 1 aromatic heterocycles. The normalized spacial score (nSPS) is 15.6. The first-order chi connectivity index (χ1) is 14.2. The number of para-hydroxylation sites is 1. The van der Waals surface area contributed by atoms with Crippen LogP contribution in [-0.4, -0.2) is 28.8 Å². The monoisotopic (exact) mass is 413 g/mol. The molecule has 1 aliphatic rings. The molecular formula is C22H27N3O5. The largest absolute Gasteiger partial charge is 0.496 e. The molecule has 3 rings (SSSR count). The smallest absolute Gasteiger partial charge is 0.336 e. The van der Waals surface area contributed by atoms with Crippen molar-refractivity contribution in [2.75, 3.05) is 19.0 Å². The molecule has 0 radical (unpaired) electrons. The molecule has 160 valence electrons. The summed E-state index contributed by atoms with van der Waals surface area (Å²) in [6.07, 6.45) is 0. The molecular weight excluding hydrogens is 386 g/mol. The molecule has 0 aliphatic carbocycles. The number of carbonyl (C=O) groups is 1. The Morgan fingerprint density at radius 2 is 1.83 bits per heavy atom. The molecule has 1 aliphatic heterocycles. The average Bonchev–Trinajstić information content (AvgIpc) is 2.73. The van der Waals surface area contributed by atoms with Gasteiger partial charge in [0.2, 0.25) is 0 Å². The van der Waals surface area contributed by atoms with Crippen molar-refractivity contribution in [3.05, 3.63) is 67.5 Å². The first-order valence-corrected chi connectivity index (χ1v) is 9.76. The number of anilines is 1. The van der Waals surface area contributed by atoms with Gasteiger partial charge in [-0.05, 0) is 18.9 Å². The van der Waals surface area contributed by atoms with Crippen LogP contribution in [0, 0.1) is 5.92 Å². The second-order valence-corrected chi connectivity index (χ2v) is 7.80. The predicted molar refractivity (Wildman–Crippen MR) is 114 cm³/mol. The van der Waals surface area contributed by atoms with E-state index in [4.69, 9.17) is 9.47 Å². The summed E-state index contributed by atoms with van der Waals surface area (Å²) in [6.45, 7) is 5.89. The Morgan fingerprint density at radius 1 is 1.17 bits per heavy atom. The van der Waals surface area contributed by atoms with E-state index in [2.05, 4.69) is 5.32 Å². The quantitative estimate of drug-likeness (QED) is 0.755. The zero-order valence-corrected chi connectivity index (χ0v) is 18.1. The summed E-state index contributed by atoms with van der Waals surface area (Å²) < 4.78 is 13.5. The third-order valence-corrected chi connectivity index (χ3v) is 5.20. The first-order valence-electron chi connectivity index (χ1n) is 9.76. The molecule has 0 bridgehead atoms. The Morgan fingerprint density at radius 3 is 2.47 bits per heavy atom. The van der Waals surface area contributed by atoms with Crippen LogP contribution in [0.2, 0.25) is 0 Å². The van der Waals surface area contributed by atoms with Crippen molar-refractivity contribution in [1.82, 2.24) is 9.13 Å². The van der Waals surface area contributed by atoms with Gasteiger partial charge in [-0.3, -0.25) is 13.9 Å². The number of allylic oxidation sites excluding steroid dienone is 1. The van der Waals surface area contributed by atoms with E-state index < -0.39 is 23.1 Å². The Balaban J connectivity index is 2.33. The molecule has 0 saturated carbocycles. The number of hydrogen-bond acceptors (Lipinski definition) is 6. The van der Waals surface area contributed by atoms with Crippen molar-refractivity contribution >= 4 is 11.8 Å². The second kappa shape index (κ2) is 8.22. The van der Waals surface area contributed by atoms with Crippen LogP contribution in [0.3, 0.4) is 0 Å². The highest BCUT2D eigenvalue weighted by Gasteiger charge is 2.38. The molecule has 2 heterocycles. The summed E-state index contributed by atoms with van der Waals surface area (Å²) in [7, 11) is 4.54. The van der Waals surface area contributed by atoms with Crippen LogP contribution in [0.25, 0.3) is 0 Å². The number of methoxy groups -OCH3 is 1. The highest BCUT2D eigenvalue weighted by molar-refractivity contribution is 5.94. The fraction of sp³-hybridized carbons (Fsp3) is 0.409. The molecule has 1 aromatic carbocycles. The van der Waals surface area contributed by atoms with E-state index in [1.807, 2.05) is 32.0 Å². The number of hydrogen-bond donors (Lipinski definition) is 1. The highest BCUT2D eigenvalue weighted by atomic mass is 16.5. The molecule has 8 heteroatoms. The van der Waals surface area contributed by atoms with Crippen LogP contribution in [-0.2, 0) is 23.6 Å². The molecule has 30 heavy (non-hydrogen) atoms. The number of nitrogens with zero attached hydrogens (tertiary/aromatic N) is 2. The van der Waals surface area contributed by atoms with Crippen LogP contribution in [0.4, 0.5) is 5.82 Å². The van der Waals surface area contributed by atoms with Crippen molar-refractivity contribution in [2.24, 2.45) is 20.0 Å². The number of aromatic nitrogens is 2. The van der Waals surface area contributed by atoms with E-state index in [1.165, 1.54) is 18.7 Å². The van der Waals surface area contributed by atoms with Gasteiger partial charge in [0.1, 0.15) is 11.6 Å². The summed E-state index contributed by atoms with van der Waals surface area (Å²) in [4.78, 5) is 38.8. The fourth-order valence-corrected chi connectivity index (χ4v) is 3.69. The maximum atomic E-state index is 13.2. The minimum absolute atomic E-state index is 0.164. The number of ether oxygens (including phenoxy) is 2. The average molecular weight is 413 g/mol. The van der Waals surface area contributed by atoms with E-state index in [-0.39, 0.29) is 12.5 Å². The van der Waals surface area contributed by atoms with Crippen molar-refractivity contribution in [2.45, 2.75) is 26.7 Å². The molecule has 1 unspecified atom stereocenters. The third-order valence-electron chi connectivity index (χ3n) is 5.20. The SMILES string of the molecule is COc1ccccc1C1C(C(=O)OCC(C)C)=C(C)Nc2c1c(=O)n(C)c(=O)n2C. The van der Waals surface area contributed by atoms with Crippen LogP contribution < -0.4 is 21.3 Å². The summed E-state index contributed by atoms with van der Waals surface area (Å²) >= 11 is 0. The molecule has 8 nitrogen and oxygen atoms in total. The van der Waals surface area contributed by atoms with Gasteiger partial charge in [-0.25, -0.2) is 9.59 Å². The number of carbonyl (C=O) groups excluding carboxylic acids is 1. The summed E-state index contributed by atoms with van der Waals surface area (Å²) in [5.41, 5.74) is 0.862. The Kier molecular flexibility index (Phi) is 5.87. The van der Waals surface area contributed by atoms with Crippen LogP contribution >= 0.6 is 0 Å². The van der Waals surface area contributed by atoms with E-state index in [1.54, 1.807) is 20.0 Å². The maximum absolute atomic E-state index is 13.2. The third kappa shape index (κ3) is 3.53. The van der Waals surface area contributed by atoms with E-state index in [9.17, 15) is 14.4 Å². The number of fused-ring (bicyclic) bond motifs is 1. The van der Waals surface area contributed by atoms with Crippen molar-refractivity contribution in [1.29, 1.82) is 0 Å². The number of rotatable bonds is 5. The van der Waals surface area contributed by atoms with Gasteiger partial charge in [0.25, 0.3) is 5.56 Å². The van der Waals surface area contributed by atoms with Crippen molar-refractivity contribution in [3.8, 4) is 5.75 Å². The summed E-state index contributed by atoms with van der Waals surface area (Å²) in [5.74, 6) is -0.198. The standard InChI is InChI=1S/C22H27N3O5/c1-12(2)11-30-21(27)16-13(3)23-19-18(20(26)25(5)22(28)24(19)4)17(16)14-9-7-8-10-15(14)29-6/h7-10,12,17,23H,11H2,1-6H3. The summed E-state index contributed by atoms with van der Waals surface area (Å²) in [5, 5.41) is 3.08. The van der Waals surface area contributed by atoms with Crippen molar-refractivity contribution in [3.63, 3.8) is 0 Å². The van der Waals surface area contributed by atoms with E-state index in [0.29, 0.717) is 34.0 Å². The van der Waals surface area contributed by atoms with Crippen molar-refractivity contribution < 1.29 is 14.3 Å². The highest BCUT2D eigenvalue weighted by Crippen LogP contribution is 2.43. The predicted octanol–water partition coefficient (Wildman–Crippen LogP) is 2.12. The molecule has 0 saturated heterocycles. The lowest BCUT2D eigenvalue weighted by Crippen LogP contribution is -2.43. The molecule has 1 N–H and O–H groups in total. The first kappa shape index (κ1) is 21.4. The maximum Gasteiger partial charge on any atom is 0.336 e. The molecule has 0 amide bonds. The van der Waals surface area contributed by atoms with Gasteiger partial charge in [0.15, 0.2) is 0 Å². The van der Waals surface area contributed by atoms with Crippen LogP contribution in [0.15, 0.2) is 45.1 Å². The lowest BCUT2D eigenvalue weighted by atomic mass is 9.81. The minimum Gasteiger partial charge on any atom is -0.496 e. The van der Waals surface area contributed by atoms with Crippen LogP contribution in [0.1, 0.15) is 37.8 Å². The summed E-state index contributed by atoms with van der Waals surface area (Å²) in [6, 6.07) is 7.22. The molecule has 2 aromatic rings. The lowest BCUT2D eigenvalue weighted by Gasteiger charge is -2.31. The number of benzene rings is 1. The van der Waals surface area contributed by atoms with E-state index in [0.717, 1.165) is 4.57 Å².